The van der Waals surface area contributed by atoms with Crippen LogP contribution >= 0.6 is 11.6 Å². The number of rotatable bonds is 3. The minimum absolute atomic E-state index is 0.0250. The lowest BCUT2D eigenvalue weighted by Crippen LogP contribution is -2.33. The number of amides is 2. The van der Waals surface area contributed by atoms with Gasteiger partial charge in [0.25, 0.3) is 0 Å². The van der Waals surface area contributed by atoms with E-state index in [4.69, 9.17) is 16.7 Å². The number of carbonyl (C=O) groups excluding carboxylic acids is 1. The van der Waals surface area contributed by atoms with Crippen molar-refractivity contribution in [2.75, 3.05) is 12.4 Å². The number of urea groups is 1. The third kappa shape index (κ3) is 2.73. The highest BCUT2D eigenvalue weighted by molar-refractivity contribution is 6.31. The maximum absolute atomic E-state index is 11.9. The molecule has 18 heavy (non-hydrogen) atoms. The fraction of sp³-hybridized carbons (Fsp3) is 0.333. The molecule has 1 fully saturated rings. The van der Waals surface area contributed by atoms with Crippen LogP contribution in [0.1, 0.15) is 23.2 Å². The predicted molar refractivity (Wildman–Crippen MR) is 68.2 cm³/mol. The summed E-state index contributed by atoms with van der Waals surface area (Å²) in [5, 5.41) is 12.0. The molecule has 1 saturated carbocycles. The number of aromatic carboxylic acids is 1. The van der Waals surface area contributed by atoms with Crippen LogP contribution in [0.25, 0.3) is 0 Å². The molecule has 0 bridgehead atoms. The lowest BCUT2D eigenvalue weighted by atomic mass is 10.2. The van der Waals surface area contributed by atoms with Crippen LogP contribution in [0.15, 0.2) is 18.2 Å². The highest BCUT2D eigenvalue weighted by Gasteiger charge is 2.30. The van der Waals surface area contributed by atoms with E-state index in [2.05, 4.69) is 5.32 Å². The molecule has 0 aliphatic heterocycles. The van der Waals surface area contributed by atoms with E-state index >= 15 is 0 Å². The van der Waals surface area contributed by atoms with Crippen LogP contribution in [-0.2, 0) is 0 Å². The van der Waals surface area contributed by atoms with Crippen LogP contribution in [0.4, 0.5) is 10.5 Å². The van der Waals surface area contributed by atoms with Crippen molar-refractivity contribution in [3.8, 4) is 0 Å². The van der Waals surface area contributed by atoms with Crippen molar-refractivity contribution in [3.63, 3.8) is 0 Å². The topological polar surface area (TPSA) is 69.6 Å². The number of hydrogen-bond donors (Lipinski definition) is 2. The lowest BCUT2D eigenvalue weighted by Gasteiger charge is -2.18. The molecule has 1 aliphatic carbocycles. The number of nitrogens with one attached hydrogen (secondary N) is 1. The SMILES string of the molecule is CN(C(=O)Nc1cc(Cl)ccc1C(=O)O)C1CC1. The molecule has 2 N–H and O–H groups in total. The standard InChI is InChI=1S/C12H13ClN2O3/c1-15(8-3-4-8)12(18)14-10-6-7(13)2-5-9(10)11(16)17/h2,5-6,8H,3-4H2,1H3,(H,14,18)(H,16,17). The van der Waals surface area contributed by atoms with Crippen LogP contribution in [0.5, 0.6) is 0 Å². The highest BCUT2D eigenvalue weighted by atomic mass is 35.5. The Balaban J connectivity index is 2.18. The molecule has 96 valence electrons. The van der Waals surface area contributed by atoms with Gasteiger partial charge in [-0.3, -0.25) is 0 Å². The zero-order chi connectivity index (χ0) is 13.3. The molecule has 5 nitrogen and oxygen atoms in total. The van der Waals surface area contributed by atoms with Gasteiger partial charge in [0.1, 0.15) is 0 Å². The Morgan fingerprint density at radius 2 is 2.11 bits per heavy atom. The first-order valence-electron chi connectivity index (χ1n) is 5.55. The van der Waals surface area contributed by atoms with Crippen molar-refractivity contribution in [2.45, 2.75) is 18.9 Å². The lowest BCUT2D eigenvalue weighted by molar-refractivity contribution is 0.0698. The van der Waals surface area contributed by atoms with Crippen molar-refractivity contribution in [1.82, 2.24) is 4.90 Å². The van der Waals surface area contributed by atoms with E-state index in [1.54, 1.807) is 11.9 Å². The van der Waals surface area contributed by atoms with Crippen molar-refractivity contribution < 1.29 is 14.7 Å². The Morgan fingerprint density at radius 1 is 1.44 bits per heavy atom. The van der Waals surface area contributed by atoms with Gasteiger partial charge in [0.05, 0.1) is 11.3 Å². The summed E-state index contributed by atoms with van der Waals surface area (Å²) < 4.78 is 0. The van der Waals surface area contributed by atoms with Gasteiger partial charge in [-0.2, -0.15) is 0 Å². The Hall–Kier alpha value is -1.75. The first-order valence-corrected chi connectivity index (χ1v) is 5.93. The van der Waals surface area contributed by atoms with E-state index in [1.807, 2.05) is 0 Å². The fourth-order valence-electron chi connectivity index (χ4n) is 1.64. The second-order valence-electron chi connectivity index (χ2n) is 4.27. The predicted octanol–water partition coefficient (Wildman–Crippen LogP) is 2.66. The summed E-state index contributed by atoms with van der Waals surface area (Å²) >= 11 is 5.80. The molecule has 1 aliphatic rings. The van der Waals surface area contributed by atoms with Gasteiger partial charge in [-0.05, 0) is 31.0 Å². The van der Waals surface area contributed by atoms with Crippen molar-refractivity contribution in [2.24, 2.45) is 0 Å². The van der Waals surface area contributed by atoms with E-state index in [0.717, 1.165) is 12.8 Å². The minimum Gasteiger partial charge on any atom is -0.478 e. The summed E-state index contributed by atoms with van der Waals surface area (Å²) in [4.78, 5) is 24.5. The molecule has 2 rings (SSSR count). The maximum Gasteiger partial charge on any atom is 0.337 e. The fourth-order valence-corrected chi connectivity index (χ4v) is 1.81. The van der Waals surface area contributed by atoms with Gasteiger partial charge >= 0.3 is 12.0 Å². The first kappa shape index (κ1) is 12.7. The molecule has 1 aromatic rings. The minimum atomic E-state index is -1.10. The van der Waals surface area contributed by atoms with E-state index in [0.29, 0.717) is 5.02 Å². The molecular weight excluding hydrogens is 256 g/mol. The first-order chi connectivity index (χ1) is 8.49. The van der Waals surface area contributed by atoms with Gasteiger partial charge in [-0.15, -0.1) is 0 Å². The zero-order valence-corrected chi connectivity index (χ0v) is 10.6. The van der Waals surface area contributed by atoms with Gasteiger partial charge in [0, 0.05) is 18.1 Å². The van der Waals surface area contributed by atoms with Crippen LogP contribution in [0.2, 0.25) is 5.02 Å². The van der Waals surface area contributed by atoms with Gasteiger partial charge in [-0.1, -0.05) is 11.6 Å². The monoisotopic (exact) mass is 268 g/mol. The number of anilines is 1. The molecule has 0 heterocycles. The molecule has 0 unspecified atom stereocenters. The third-order valence-electron chi connectivity index (χ3n) is 2.87. The number of carboxylic acids is 1. The molecule has 0 saturated heterocycles. The third-order valence-corrected chi connectivity index (χ3v) is 3.10. The largest absolute Gasteiger partial charge is 0.478 e. The summed E-state index contributed by atoms with van der Waals surface area (Å²) in [6.07, 6.45) is 1.98. The summed E-state index contributed by atoms with van der Waals surface area (Å²) in [6, 6.07) is 4.23. The van der Waals surface area contributed by atoms with Crippen LogP contribution in [0.3, 0.4) is 0 Å². The summed E-state index contributed by atoms with van der Waals surface area (Å²) in [7, 11) is 1.69. The van der Waals surface area contributed by atoms with Crippen LogP contribution in [0, 0.1) is 0 Å². The molecule has 6 heteroatoms. The molecule has 0 radical (unpaired) electrons. The van der Waals surface area contributed by atoms with E-state index < -0.39 is 5.97 Å². The smallest absolute Gasteiger partial charge is 0.337 e. The van der Waals surface area contributed by atoms with Gasteiger partial charge in [0.15, 0.2) is 0 Å². The van der Waals surface area contributed by atoms with E-state index in [1.165, 1.54) is 18.2 Å². The number of hydrogen-bond acceptors (Lipinski definition) is 2. The van der Waals surface area contributed by atoms with Crippen molar-refractivity contribution in [1.29, 1.82) is 0 Å². The summed E-state index contributed by atoms with van der Waals surface area (Å²) in [6.45, 7) is 0. The molecule has 1 aromatic carbocycles. The summed E-state index contributed by atoms with van der Waals surface area (Å²) in [5.74, 6) is -1.10. The van der Waals surface area contributed by atoms with Crippen LogP contribution < -0.4 is 5.32 Å². The zero-order valence-electron chi connectivity index (χ0n) is 9.81. The van der Waals surface area contributed by atoms with Gasteiger partial charge in [-0.25, -0.2) is 9.59 Å². The Kier molecular flexibility index (Phi) is 3.43. The van der Waals surface area contributed by atoms with Gasteiger partial charge in [0.2, 0.25) is 0 Å². The van der Waals surface area contributed by atoms with E-state index in [9.17, 15) is 9.59 Å². The van der Waals surface area contributed by atoms with Crippen molar-refractivity contribution >= 4 is 29.3 Å². The highest BCUT2D eigenvalue weighted by Crippen LogP contribution is 2.27. The second-order valence-corrected chi connectivity index (χ2v) is 4.70. The Bertz CT molecular complexity index is 500. The van der Waals surface area contributed by atoms with E-state index in [-0.39, 0.29) is 23.3 Å². The molecule has 0 aromatic heterocycles. The number of carbonyl (C=O) groups is 2. The quantitative estimate of drug-likeness (QED) is 0.885. The number of carboxylic acid groups (broad SMARTS) is 1. The Labute approximate surface area is 109 Å². The second kappa shape index (κ2) is 4.86. The Morgan fingerprint density at radius 3 is 2.67 bits per heavy atom. The maximum atomic E-state index is 11.9. The average molecular weight is 269 g/mol. The number of benzene rings is 1. The van der Waals surface area contributed by atoms with Crippen molar-refractivity contribution in [3.05, 3.63) is 28.8 Å². The molecule has 0 atom stereocenters. The number of nitrogens with zero attached hydrogens (tertiary/aromatic N) is 1. The molecule has 2 amide bonds. The van der Waals surface area contributed by atoms with Gasteiger partial charge < -0.3 is 15.3 Å². The average Bonchev–Trinajstić information content (AvgIpc) is 3.11. The van der Waals surface area contributed by atoms with Crippen LogP contribution in [-0.4, -0.2) is 35.1 Å². The molecular formula is C12H13ClN2O3. The number of halogens is 1. The summed E-state index contributed by atoms with van der Waals surface area (Å²) in [5.41, 5.74) is 0.240. The molecule has 0 spiro atoms. The normalized spacial score (nSPS) is 14.1.